The van der Waals surface area contributed by atoms with Crippen molar-refractivity contribution in [3.05, 3.63) is 23.3 Å². The SMILES string of the molecule is CCCCN(CCCN)C(=O)CN1C[C@H](c2cc(CO)c3c(c2)OCO3)[C@@H](C(=O)O)[C@@H]1CCN1CCCC1=O. The molecule has 3 heterocycles. The largest absolute Gasteiger partial charge is 0.481 e. The fourth-order valence-electron chi connectivity index (χ4n) is 6.12. The van der Waals surface area contributed by atoms with Crippen molar-refractivity contribution < 1.29 is 34.1 Å². The molecule has 4 N–H and O–H groups in total. The lowest BCUT2D eigenvalue weighted by molar-refractivity contribution is -0.144. The molecule has 0 spiro atoms. The first-order valence-electron chi connectivity index (χ1n) is 14.1. The molecule has 3 aliphatic rings. The quantitative estimate of drug-likeness (QED) is 0.315. The summed E-state index contributed by atoms with van der Waals surface area (Å²) in [6, 6.07) is 3.15. The van der Waals surface area contributed by atoms with Gasteiger partial charge in [0.1, 0.15) is 0 Å². The van der Waals surface area contributed by atoms with E-state index in [1.807, 2.05) is 9.80 Å². The lowest BCUT2D eigenvalue weighted by Gasteiger charge is -2.30. The lowest BCUT2D eigenvalue weighted by atomic mass is 9.83. The molecule has 4 rings (SSSR count). The van der Waals surface area contributed by atoms with Gasteiger partial charge in [0.15, 0.2) is 11.5 Å². The minimum Gasteiger partial charge on any atom is -0.481 e. The maximum atomic E-state index is 13.5. The maximum Gasteiger partial charge on any atom is 0.308 e. The van der Waals surface area contributed by atoms with E-state index in [-0.39, 0.29) is 31.8 Å². The summed E-state index contributed by atoms with van der Waals surface area (Å²) in [5.41, 5.74) is 7.00. The van der Waals surface area contributed by atoms with Crippen LogP contribution in [-0.2, 0) is 21.0 Å². The van der Waals surface area contributed by atoms with Crippen molar-refractivity contribution in [1.82, 2.24) is 14.7 Å². The van der Waals surface area contributed by atoms with Gasteiger partial charge in [0, 0.05) is 56.7 Å². The van der Waals surface area contributed by atoms with E-state index in [1.54, 1.807) is 17.0 Å². The summed E-state index contributed by atoms with van der Waals surface area (Å²) in [7, 11) is 0. The van der Waals surface area contributed by atoms with Gasteiger partial charge in [-0.3, -0.25) is 19.3 Å². The Morgan fingerprint density at radius 1 is 1.21 bits per heavy atom. The highest BCUT2D eigenvalue weighted by Gasteiger charge is 2.47. The predicted octanol–water partition coefficient (Wildman–Crippen LogP) is 1.37. The Labute approximate surface area is 229 Å². The molecule has 3 aliphatic heterocycles. The Balaban J connectivity index is 1.62. The molecule has 2 saturated heterocycles. The highest BCUT2D eigenvalue weighted by Crippen LogP contribution is 2.44. The summed E-state index contributed by atoms with van der Waals surface area (Å²) in [5, 5.41) is 20.4. The van der Waals surface area contributed by atoms with E-state index >= 15 is 0 Å². The topological polar surface area (TPSA) is 146 Å². The summed E-state index contributed by atoms with van der Waals surface area (Å²) in [6.07, 6.45) is 4.35. The number of nitrogens with zero attached hydrogens (tertiary/aromatic N) is 3. The number of unbranched alkanes of at least 4 members (excludes halogenated alkanes) is 1. The number of benzene rings is 1. The standard InChI is InChI=1S/C28H42N4O7/c1-2-3-9-30(11-5-8-29)25(35)16-32-15-21(19-13-20(17-33)27-23(14-19)38-18-39-27)26(28(36)37)22(32)7-12-31-10-4-6-24(31)34/h13-14,21-22,26,33H,2-12,15-18,29H2,1H3,(H,36,37)/t21-,22+,26-/m1/s1. The van der Waals surface area contributed by atoms with Crippen LogP contribution in [0.1, 0.15) is 62.5 Å². The molecular formula is C28H42N4O7. The molecule has 1 aromatic rings. The molecule has 0 aliphatic carbocycles. The number of carboxylic acid groups (broad SMARTS) is 1. The summed E-state index contributed by atoms with van der Waals surface area (Å²) in [4.78, 5) is 44.2. The van der Waals surface area contributed by atoms with Gasteiger partial charge in [-0.25, -0.2) is 0 Å². The van der Waals surface area contributed by atoms with Crippen LogP contribution in [-0.4, -0.2) is 101 Å². The summed E-state index contributed by atoms with van der Waals surface area (Å²) < 4.78 is 11.1. The molecule has 0 radical (unpaired) electrons. The monoisotopic (exact) mass is 546 g/mol. The third kappa shape index (κ3) is 6.64. The van der Waals surface area contributed by atoms with E-state index in [0.29, 0.717) is 75.6 Å². The third-order valence-electron chi connectivity index (χ3n) is 8.17. The second kappa shape index (κ2) is 13.5. The molecule has 2 amide bonds. The molecule has 2 fully saturated rings. The van der Waals surface area contributed by atoms with Crippen LogP contribution in [0.5, 0.6) is 11.5 Å². The number of aliphatic hydroxyl groups is 1. The summed E-state index contributed by atoms with van der Waals surface area (Å²) in [5.74, 6) is -1.14. The Bertz CT molecular complexity index is 1030. The van der Waals surface area contributed by atoms with Gasteiger partial charge in [-0.2, -0.15) is 0 Å². The first-order chi connectivity index (χ1) is 18.9. The first kappa shape index (κ1) is 29.1. The minimum atomic E-state index is -0.943. The number of hydrogen-bond donors (Lipinski definition) is 3. The molecule has 11 heteroatoms. The second-order valence-electron chi connectivity index (χ2n) is 10.7. The number of carbonyl (C=O) groups excluding carboxylic acids is 2. The van der Waals surface area contributed by atoms with E-state index in [9.17, 15) is 24.6 Å². The van der Waals surface area contributed by atoms with Crippen LogP contribution in [0.15, 0.2) is 12.1 Å². The number of amides is 2. The van der Waals surface area contributed by atoms with Crippen LogP contribution < -0.4 is 15.2 Å². The van der Waals surface area contributed by atoms with Gasteiger partial charge >= 0.3 is 5.97 Å². The zero-order chi connectivity index (χ0) is 27.9. The van der Waals surface area contributed by atoms with Crippen molar-refractivity contribution in [2.24, 2.45) is 11.7 Å². The van der Waals surface area contributed by atoms with Crippen LogP contribution in [0.2, 0.25) is 0 Å². The smallest absolute Gasteiger partial charge is 0.308 e. The highest BCUT2D eigenvalue weighted by atomic mass is 16.7. The van der Waals surface area contributed by atoms with Crippen molar-refractivity contribution in [3.8, 4) is 11.5 Å². The van der Waals surface area contributed by atoms with Gasteiger partial charge in [-0.1, -0.05) is 13.3 Å². The Morgan fingerprint density at radius 2 is 2.00 bits per heavy atom. The normalized spacial score (nSPS) is 22.6. The number of likely N-dealkylation sites (tertiary alicyclic amines) is 2. The fraction of sp³-hybridized carbons (Fsp3) is 0.679. The number of carboxylic acids is 1. The average molecular weight is 547 g/mol. The minimum absolute atomic E-state index is 0.0364. The van der Waals surface area contributed by atoms with Crippen LogP contribution in [0.25, 0.3) is 0 Å². The number of rotatable bonds is 14. The van der Waals surface area contributed by atoms with Gasteiger partial charge in [-0.15, -0.1) is 0 Å². The van der Waals surface area contributed by atoms with E-state index in [2.05, 4.69) is 6.92 Å². The average Bonchev–Trinajstić information content (AvgIpc) is 3.65. The molecule has 0 bridgehead atoms. The van der Waals surface area contributed by atoms with Crippen molar-refractivity contribution in [2.45, 2.75) is 64.0 Å². The molecule has 1 aromatic carbocycles. The number of ether oxygens (including phenoxy) is 2. The molecule has 216 valence electrons. The Kier molecular flexibility index (Phi) is 10.0. The van der Waals surface area contributed by atoms with Crippen molar-refractivity contribution in [2.75, 3.05) is 52.6 Å². The van der Waals surface area contributed by atoms with E-state index in [4.69, 9.17) is 15.2 Å². The Hall–Kier alpha value is -2.89. The zero-order valence-electron chi connectivity index (χ0n) is 22.8. The lowest BCUT2D eigenvalue weighted by Crippen LogP contribution is -2.46. The number of carbonyl (C=O) groups is 3. The molecular weight excluding hydrogens is 504 g/mol. The number of aliphatic carboxylic acids is 1. The van der Waals surface area contributed by atoms with E-state index < -0.39 is 23.8 Å². The number of aliphatic hydroxyl groups excluding tert-OH is 1. The third-order valence-corrected chi connectivity index (χ3v) is 8.17. The van der Waals surface area contributed by atoms with Crippen LogP contribution in [0.3, 0.4) is 0 Å². The zero-order valence-corrected chi connectivity index (χ0v) is 22.8. The summed E-state index contributed by atoms with van der Waals surface area (Å²) in [6.45, 7) is 5.17. The molecule has 0 unspecified atom stereocenters. The van der Waals surface area contributed by atoms with Gasteiger partial charge < -0.3 is 35.2 Å². The Morgan fingerprint density at radius 3 is 2.67 bits per heavy atom. The maximum absolute atomic E-state index is 13.5. The van der Waals surface area contributed by atoms with Gasteiger partial charge in [-0.05, 0) is 49.9 Å². The van der Waals surface area contributed by atoms with Gasteiger partial charge in [0.25, 0.3) is 0 Å². The van der Waals surface area contributed by atoms with Gasteiger partial charge in [0.2, 0.25) is 18.6 Å². The first-order valence-corrected chi connectivity index (χ1v) is 14.1. The van der Waals surface area contributed by atoms with Crippen molar-refractivity contribution in [1.29, 1.82) is 0 Å². The molecule has 39 heavy (non-hydrogen) atoms. The fourth-order valence-corrected chi connectivity index (χ4v) is 6.12. The van der Waals surface area contributed by atoms with Crippen molar-refractivity contribution in [3.63, 3.8) is 0 Å². The second-order valence-corrected chi connectivity index (χ2v) is 10.7. The number of hydrogen-bond acceptors (Lipinski definition) is 8. The van der Waals surface area contributed by atoms with Crippen LogP contribution >= 0.6 is 0 Å². The number of nitrogens with two attached hydrogens (primary N) is 1. The van der Waals surface area contributed by atoms with Crippen LogP contribution in [0.4, 0.5) is 0 Å². The summed E-state index contributed by atoms with van der Waals surface area (Å²) >= 11 is 0. The molecule has 0 saturated carbocycles. The van der Waals surface area contributed by atoms with Crippen LogP contribution in [0, 0.1) is 5.92 Å². The van der Waals surface area contributed by atoms with Gasteiger partial charge in [0.05, 0.1) is 19.1 Å². The number of fused-ring (bicyclic) bond motifs is 1. The molecule has 0 aromatic heterocycles. The van der Waals surface area contributed by atoms with Crippen molar-refractivity contribution >= 4 is 17.8 Å². The predicted molar refractivity (Wildman–Crippen MR) is 143 cm³/mol. The van der Waals surface area contributed by atoms with E-state index in [0.717, 1.165) is 24.8 Å². The molecule has 11 nitrogen and oxygen atoms in total. The van der Waals surface area contributed by atoms with E-state index in [1.165, 1.54) is 0 Å². The molecule has 3 atom stereocenters. The highest BCUT2D eigenvalue weighted by molar-refractivity contribution is 5.79.